The van der Waals surface area contributed by atoms with Crippen LogP contribution in [0.5, 0.6) is 5.75 Å². The number of Topliss-reactive ketones (excluding diaryl/α,β-unsaturated/α-hetero) is 1. The number of nitrogens with zero attached hydrogens (tertiary/aromatic N) is 2. The molecule has 24 heavy (non-hydrogen) atoms. The number of ketones is 1. The summed E-state index contributed by atoms with van der Waals surface area (Å²) < 4.78 is 5.65. The van der Waals surface area contributed by atoms with Gasteiger partial charge in [-0.3, -0.25) is 14.5 Å². The molecule has 0 unspecified atom stereocenters. The molecule has 0 atom stereocenters. The first-order chi connectivity index (χ1) is 11.5. The average Bonchev–Trinajstić information content (AvgIpc) is 2.57. The van der Waals surface area contributed by atoms with Crippen LogP contribution in [0, 0.1) is 0 Å². The molecule has 6 nitrogen and oxygen atoms in total. The van der Waals surface area contributed by atoms with Gasteiger partial charge in [-0.25, -0.2) is 0 Å². The van der Waals surface area contributed by atoms with Gasteiger partial charge in [0, 0.05) is 43.9 Å². The highest BCUT2D eigenvalue weighted by atomic mass is 16.5. The number of carbonyl (C=O) groups excluding carboxylic acids is 2. The van der Waals surface area contributed by atoms with Gasteiger partial charge in [0.15, 0.2) is 5.78 Å². The molecule has 1 aliphatic rings. The summed E-state index contributed by atoms with van der Waals surface area (Å²) in [6.45, 7) is 8.19. The third kappa shape index (κ3) is 5.04. The zero-order valence-electron chi connectivity index (χ0n) is 14.8. The van der Waals surface area contributed by atoms with E-state index in [0.29, 0.717) is 25.3 Å². The molecular weight excluding hydrogens is 306 g/mol. The van der Waals surface area contributed by atoms with Gasteiger partial charge in [-0.05, 0) is 39.1 Å². The lowest BCUT2D eigenvalue weighted by Crippen LogP contribution is -2.49. The van der Waals surface area contributed by atoms with Gasteiger partial charge in [0.2, 0.25) is 5.91 Å². The Balaban J connectivity index is 2.03. The maximum absolute atomic E-state index is 12.4. The quantitative estimate of drug-likeness (QED) is 0.759. The number of piperazine rings is 1. The highest BCUT2D eigenvalue weighted by Gasteiger charge is 2.18. The van der Waals surface area contributed by atoms with E-state index < -0.39 is 0 Å². The summed E-state index contributed by atoms with van der Waals surface area (Å²) in [5.41, 5.74) is 1.59. The van der Waals surface area contributed by atoms with E-state index in [2.05, 4.69) is 5.32 Å². The number of carbonyl (C=O) groups is 2. The van der Waals surface area contributed by atoms with Gasteiger partial charge in [-0.1, -0.05) is 0 Å². The van der Waals surface area contributed by atoms with Gasteiger partial charge in [0.25, 0.3) is 0 Å². The Morgan fingerprint density at radius 2 is 2.00 bits per heavy atom. The summed E-state index contributed by atoms with van der Waals surface area (Å²) in [5, 5.41) is 3.25. The van der Waals surface area contributed by atoms with Gasteiger partial charge in [0.05, 0.1) is 13.2 Å². The van der Waals surface area contributed by atoms with Crippen LogP contribution in [0.3, 0.4) is 0 Å². The van der Waals surface area contributed by atoms with Crippen molar-refractivity contribution in [3.63, 3.8) is 0 Å². The molecule has 1 saturated heterocycles. The molecule has 1 aromatic carbocycles. The van der Waals surface area contributed by atoms with Crippen LogP contribution in [0.15, 0.2) is 18.2 Å². The number of amides is 1. The largest absolute Gasteiger partial charge is 0.494 e. The minimum absolute atomic E-state index is 0.0267. The number of ether oxygens (including phenoxy) is 1. The number of hydrogen-bond acceptors (Lipinski definition) is 5. The molecule has 6 heteroatoms. The highest BCUT2D eigenvalue weighted by molar-refractivity contribution is 5.94. The molecular formula is C18H27N3O3. The smallest absolute Gasteiger partial charge is 0.236 e. The van der Waals surface area contributed by atoms with E-state index in [1.54, 1.807) is 13.0 Å². The maximum Gasteiger partial charge on any atom is 0.236 e. The fourth-order valence-corrected chi connectivity index (χ4v) is 2.81. The number of nitrogens with one attached hydrogen (secondary N) is 1. The summed E-state index contributed by atoms with van der Waals surface area (Å²) in [7, 11) is 1.91. The Morgan fingerprint density at radius 1 is 1.29 bits per heavy atom. The van der Waals surface area contributed by atoms with E-state index in [1.807, 2.05) is 35.9 Å². The van der Waals surface area contributed by atoms with E-state index in [9.17, 15) is 9.59 Å². The van der Waals surface area contributed by atoms with Crippen LogP contribution in [-0.2, 0) is 11.3 Å². The van der Waals surface area contributed by atoms with Gasteiger partial charge in [0.1, 0.15) is 5.75 Å². The van der Waals surface area contributed by atoms with Gasteiger partial charge in [-0.2, -0.15) is 0 Å². The lowest BCUT2D eigenvalue weighted by atomic mass is 10.1. The van der Waals surface area contributed by atoms with Crippen LogP contribution in [0.1, 0.15) is 29.8 Å². The van der Waals surface area contributed by atoms with Crippen LogP contribution in [0.4, 0.5) is 0 Å². The van der Waals surface area contributed by atoms with Crippen LogP contribution < -0.4 is 10.1 Å². The molecule has 2 rings (SSSR count). The Morgan fingerprint density at radius 3 is 2.62 bits per heavy atom. The predicted octanol–water partition coefficient (Wildman–Crippen LogP) is 1.15. The highest BCUT2D eigenvalue weighted by Crippen LogP contribution is 2.22. The molecule has 1 heterocycles. The Bertz CT molecular complexity index is 583. The molecule has 0 aromatic heterocycles. The van der Waals surface area contributed by atoms with E-state index in [1.165, 1.54) is 0 Å². The number of likely N-dealkylation sites (N-methyl/N-ethyl adjacent to an activating group) is 1. The third-order valence-electron chi connectivity index (χ3n) is 4.08. The molecule has 1 aromatic rings. The Labute approximate surface area is 143 Å². The Hall–Kier alpha value is -1.92. The van der Waals surface area contributed by atoms with Crippen molar-refractivity contribution in [2.45, 2.75) is 20.4 Å². The lowest BCUT2D eigenvalue weighted by Gasteiger charge is -2.29. The average molecular weight is 333 g/mol. The van der Waals surface area contributed by atoms with Crippen LogP contribution in [0.25, 0.3) is 0 Å². The van der Waals surface area contributed by atoms with E-state index in [0.717, 1.165) is 37.5 Å². The second-order valence-electron chi connectivity index (χ2n) is 6.11. The summed E-state index contributed by atoms with van der Waals surface area (Å²) in [6.07, 6.45) is 0. The van der Waals surface area contributed by atoms with Crippen LogP contribution in [0.2, 0.25) is 0 Å². The first-order valence-corrected chi connectivity index (χ1v) is 8.45. The van der Waals surface area contributed by atoms with Crippen molar-refractivity contribution in [3.8, 4) is 5.75 Å². The second kappa shape index (κ2) is 8.80. The summed E-state index contributed by atoms with van der Waals surface area (Å²) in [5.74, 6) is 0.933. The van der Waals surface area contributed by atoms with Crippen molar-refractivity contribution in [2.75, 3.05) is 46.4 Å². The zero-order chi connectivity index (χ0) is 17.5. The monoisotopic (exact) mass is 333 g/mol. The number of hydrogen-bond donors (Lipinski definition) is 1. The van der Waals surface area contributed by atoms with Crippen LogP contribution >= 0.6 is 0 Å². The minimum Gasteiger partial charge on any atom is -0.494 e. The van der Waals surface area contributed by atoms with E-state index in [4.69, 9.17) is 4.74 Å². The molecule has 0 bridgehead atoms. The van der Waals surface area contributed by atoms with Crippen molar-refractivity contribution in [1.29, 1.82) is 0 Å². The Kier molecular flexibility index (Phi) is 6.75. The molecule has 0 spiro atoms. The van der Waals surface area contributed by atoms with Crippen molar-refractivity contribution < 1.29 is 14.3 Å². The zero-order valence-corrected chi connectivity index (χ0v) is 14.8. The van der Waals surface area contributed by atoms with Crippen molar-refractivity contribution >= 4 is 11.7 Å². The first kappa shape index (κ1) is 18.4. The molecule has 1 fully saturated rings. The molecule has 1 N–H and O–H groups in total. The SMILES string of the molecule is CCOc1ccc(C(C)=O)cc1CN(C)CC(=O)N1CCNCC1. The molecule has 1 aliphatic heterocycles. The predicted molar refractivity (Wildman–Crippen MR) is 93.4 cm³/mol. The fraction of sp³-hybridized carbons (Fsp3) is 0.556. The van der Waals surface area contributed by atoms with Crippen molar-refractivity contribution in [3.05, 3.63) is 29.3 Å². The number of benzene rings is 1. The summed E-state index contributed by atoms with van der Waals surface area (Å²) in [6, 6.07) is 5.48. The molecule has 0 radical (unpaired) electrons. The topological polar surface area (TPSA) is 61.9 Å². The molecule has 0 aliphatic carbocycles. The molecule has 1 amide bonds. The lowest BCUT2D eigenvalue weighted by molar-refractivity contribution is -0.132. The summed E-state index contributed by atoms with van der Waals surface area (Å²) in [4.78, 5) is 27.8. The standard InChI is InChI=1S/C18H27N3O3/c1-4-24-17-6-5-15(14(2)22)11-16(17)12-20(3)13-18(23)21-9-7-19-8-10-21/h5-6,11,19H,4,7-10,12-13H2,1-3H3. The number of rotatable bonds is 7. The minimum atomic E-state index is 0.0267. The van der Waals surface area contributed by atoms with Gasteiger partial charge >= 0.3 is 0 Å². The third-order valence-corrected chi connectivity index (χ3v) is 4.08. The molecule has 132 valence electrons. The summed E-state index contributed by atoms with van der Waals surface area (Å²) >= 11 is 0. The van der Waals surface area contributed by atoms with Crippen LogP contribution in [-0.4, -0.2) is 67.9 Å². The van der Waals surface area contributed by atoms with Gasteiger partial charge < -0.3 is 15.0 Å². The second-order valence-corrected chi connectivity index (χ2v) is 6.11. The first-order valence-electron chi connectivity index (χ1n) is 8.45. The normalized spacial score (nSPS) is 14.8. The van der Waals surface area contributed by atoms with Gasteiger partial charge in [-0.15, -0.1) is 0 Å². The molecule has 0 saturated carbocycles. The fourth-order valence-electron chi connectivity index (χ4n) is 2.81. The van der Waals surface area contributed by atoms with E-state index >= 15 is 0 Å². The van der Waals surface area contributed by atoms with Crippen molar-refractivity contribution in [1.82, 2.24) is 15.1 Å². The van der Waals surface area contributed by atoms with Crippen molar-refractivity contribution in [2.24, 2.45) is 0 Å². The maximum atomic E-state index is 12.4. The van der Waals surface area contributed by atoms with E-state index in [-0.39, 0.29) is 11.7 Å².